The average Bonchev–Trinajstić information content (AvgIpc) is 3.35. The van der Waals surface area contributed by atoms with Crippen LogP contribution < -0.4 is 0 Å². The molecule has 2 fully saturated rings. The number of phenolic OH excluding ortho intramolecular Hbond substituents is 1. The summed E-state index contributed by atoms with van der Waals surface area (Å²) in [7, 11) is 0. The molecule has 1 saturated carbocycles. The Bertz CT molecular complexity index is 598. The third-order valence-corrected chi connectivity index (χ3v) is 6.73. The molecule has 0 amide bonds. The van der Waals surface area contributed by atoms with Crippen molar-refractivity contribution in [3.05, 3.63) is 29.3 Å². The van der Waals surface area contributed by atoms with Crippen LogP contribution in [0.5, 0.6) is 5.75 Å². The number of hydrogen-bond donors (Lipinski definition) is 2. The average molecular weight is 332 g/mol. The molecule has 2 aliphatic rings. The normalized spacial score (nSPS) is 34.5. The Morgan fingerprint density at radius 2 is 2.00 bits per heavy atom. The molecular weight excluding hydrogens is 298 g/mol. The number of aryl methyl sites for hydroxylation is 1. The fraction of sp³-hybridized carbons (Fsp3) is 0.714. The summed E-state index contributed by atoms with van der Waals surface area (Å²) in [6, 6.07) is 5.73. The van der Waals surface area contributed by atoms with E-state index in [1.807, 2.05) is 12.1 Å². The van der Waals surface area contributed by atoms with Crippen LogP contribution in [0, 0.1) is 12.8 Å². The predicted molar refractivity (Wildman–Crippen MR) is 98.4 cm³/mol. The zero-order chi connectivity index (χ0) is 17.5. The van der Waals surface area contributed by atoms with Crippen LogP contribution in [0.25, 0.3) is 0 Å². The lowest BCUT2D eigenvalue weighted by molar-refractivity contribution is -0.134. The van der Waals surface area contributed by atoms with Crippen LogP contribution >= 0.6 is 0 Å². The van der Waals surface area contributed by atoms with Crippen LogP contribution in [0.15, 0.2) is 18.2 Å². The van der Waals surface area contributed by atoms with Crippen molar-refractivity contribution in [2.24, 2.45) is 5.92 Å². The maximum absolute atomic E-state index is 11.9. The Hall–Kier alpha value is -1.06. The molecule has 1 aromatic rings. The molecule has 0 radical (unpaired) electrons. The molecule has 0 aromatic heterocycles. The molecule has 1 aliphatic carbocycles. The first-order valence-corrected chi connectivity index (χ1v) is 9.58. The van der Waals surface area contributed by atoms with Gasteiger partial charge in [-0.1, -0.05) is 26.3 Å². The number of benzene rings is 1. The molecule has 134 valence electrons. The van der Waals surface area contributed by atoms with E-state index in [4.69, 9.17) is 0 Å². The molecule has 1 aliphatic heterocycles. The molecule has 3 heteroatoms. The van der Waals surface area contributed by atoms with Gasteiger partial charge in [0.05, 0.1) is 5.60 Å². The number of piperidine rings is 1. The van der Waals surface area contributed by atoms with Gasteiger partial charge in [0.1, 0.15) is 5.75 Å². The summed E-state index contributed by atoms with van der Waals surface area (Å²) >= 11 is 0. The standard InChI is InChI=1S/C21H33NO2/c1-5-10-21(24)16(3)22(14-17-7-8-17)12-11-20(21,4)19-13-18(23)9-6-15(19)2/h6,9,13,16-17,23-24H,5,7-8,10-12,14H2,1-4H3. The van der Waals surface area contributed by atoms with E-state index in [1.165, 1.54) is 12.8 Å². The van der Waals surface area contributed by atoms with E-state index in [1.54, 1.807) is 6.07 Å². The number of likely N-dealkylation sites (tertiary alicyclic amines) is 1. The highest BCUT2D eigenvalue weighted by atomic mass is 16.3. The quantitative estimate of drug-likeness (QED) is 0.857. The van der Waals surface area contributed by atoms with Gasteiger partial charge in [-0.05, 0) is 75.3 Å². The zero-order valence-corrected chi connectivity index (χ0v) is 15.7. The molecule has 2 N–H and O–H groups in total. The van der Waals surface area contributed by atoms with Crippen LogP contribution in [-0.4, -0.2) is 39.8 Å². The first-order valence-electron chi connectivity index (χ1n) is 9.58. The van der Waals surface area contributed by atoms with Gasteiger partial charge < -0.3 is 10.2 Å². The van der Waals surface area contributed by atoms with E-state index in [2.05, 4.69) is 32.6 Å². The molecule has 24 heavy (non-hydrogen) atoms. The van der Waals surface area contributed by atoms with E-state index in [-0.39, 0.29) is 11.5 Å². The van der Waals surface area contributed by atoms with Gasteiger partial charge in [-0.25, -0.2) is 0 Å². The van der Waals surface area contributed by atoms with Crippen LogP contribution in [-0.2, 0) is 5.41 Å². The lowest BCUT2D eigenvalue weighted by Gasteiger charge is -2.57. The van der Waals surface area contributed by atoms with Crippen molar-refractivity contribution in [3.63, 3.8) is 0 Å². The second-order valence-corrected chi connectivity index (χ2v) is 8.37. The monoisotopic (exact) mass is 331 g/mol. The van der Waals surface area contributed by atoms with Crippen molar-refractivity contribution >= 4 is 0 Å². The molecule has 0 spiro atoms. The van der Waals surface area contributed by atoms with Gasteiger partial charge in [-0.3, -0.25) is 4.90 Å². The SMILES string of the molecule is CCCC1(O)C(C)N(CC2CC2)CCC1(C)c1cc(O)ccc1C. The minimum Gasteiger partial charge on any atom is -0.508 e. The second-order valence-electron chi connectivity index (χ2n) is 8.37. The lowest BCUT2D eigenvalue weighted by Crippen LogP contribution is -2.67. The number of aliphatic hydroxyl groups is 1. The number of phenols is 1. The maximum Gasteiger partial charge on any atom is 0.115 e. The molecule has 1 heterocycles. The van der Waals surface area contributed by atoms with E-state index in [9.17, 15) is 10.2 Å². The molecule has 1 aromatic carbocycles. The summed E-state index contributed by atoms with van der Waals surface area (Å²) in [5.41, 5.74) is 1.17. The lowest BCUT2D eigenvalue weighted by atomic mass is 9.59. The first kappa shape index (κ1) is 17.8. The van der Waals surface area contributed by atoms with Crippen LogP contribution in [0.2, 0.25) is 0 Å². The summed E-state index contributed by atoms with van der Waals surface area (Å²) < 4.78 is 0. The Morgan fingerprint density at radius 1 is 1.29 bits per heavy atom. The Kier molecular flexibility index (Phi) is 4.69. The summed E-state index contributed by atoms with van der Waals surface area (Å²) in [4.78, 5) is 2.51. The molecule has 0 bridgehead atoms. The molecule has 3 atom stereocenters. The largest absolute Gasteiger partial charge is 0.508 e. The highest BCUT2D eigenvalue weighted by Gasteiger charge is 2.55. The Balaban J connectivity index is 2.00. The summed E-state index contributed by atoms with van der Waals surface area (Å²) in [5, 5.41) is 21.9. The number of rotatable bonds is 5. The smallest absolute Gasteiger partial charge is 0.115 e. The third-order valence-electron chi connectivity index (χ3n) is 6.73. The van der Waals surface area contributed by atoms with Crippen LogP contribution in [0.4, 0.5) is 0 Å². The first-order chi connectivity index (χ1) is 11.3. The van der Waals surface area contributed by atoms with Gasteiger partial charge in [0.2, 0.25) is 0 Å². The predicted octanol–water partition coefficient (Wildman–Crippen LogP) is 3.99. The fourth-order valence-electron chi connectivity index (χ4n) is 4.86. The molecular formula is C21H33NO2. The summed E-state index contributed by atoms with van der Waals surface area (Å²) in [6.45, 7) is 10.8. The van der Waals surface area contributed by atoms with E-state index < -0.39 is 5.60 Å². The zero-order valence-electron chi connectivity index (χ0n) is 15.7. The van der Waals surface area contributed by atoms with E-state index in [0.29, 0.717) is 5.75 Å². The molecule has 3 nitrogen and oxygen atoms in total. The van der Waals surface area contributed by atoms with Gasteiger partial charge in [0, 0.05) is 18.0 Å². The summed E-state index contributed by atoms with van der Waals surface area (Å²) in [5.74, 6) is 1.13. The number of nitrogens with zero attached hydrogens (tertiary/aromatic N) is 1. The minimum atomic E-state index is -0.770. The highest BCUT2D eigenvalue weighted by Crippen LogP contribution is 2.50. The molecule has 3 rings (SSSR count). The van der Waals surface area contributed by atoms with Gasteiger partial charge in [0.15, 0.2) is 0 Å². The summed E-state index contributed by atoms with van der Waals surface area (Å²) in [6.07, 6.45) is 5.38. The van der Waals surface area contributed by atoms with E-state index >= 15 is 0 Å². The van der Waals surface area contributed by atoms with E-state index in [0.717, 1.165) is 49.4 Å². The van der Waals surface area contributed by atoms with Gasteiger partial charge in [0.25, 0.3) is 0 Å². The van der Waals surface area contributed by atoms with Crippen LogP contribution in [0.3, 0.4) is 0 Å². The highest BCUT2D eigenvalue weighted by molar-refractivity contribution is 5.42. The van der Waals surface area contributed by atoms with Crippen molar-refractivity contribution in [2.45, 2.75) is 76.9 Å². The Morgan fingerprint density at radius 3 is 2.62 bits per heavy atom. The number of aromatic hydroxyl groups is 1. The fourth-order valence-corrected chi connectivity index (χ4v) is 4.86. The van der Waals surface area contributed by atoms with Crippen molar-refractivity contribution < 1.29 is 10.2 Å². The topological polar surface area (TPSA) is 43.7 Å². The minimum absolute atomic E-state index is 0.138. The van der Waals surface area contributed by atoms with Crippen molar-refractivity contribution in [3.8, 4) is 5.75 Å². The number of hydrogen-bond acceptors (Lipinski definition) is 3. The van der Waals surface area contributed by atoms with Gasteiger partial charge in [-0.15, -0.1) is 0 Å². The van der Waals surface area contributed by atoms with Crippen molar-refractivity contribution in [2.75, 3.05) is 13.1 Å². The van der Waals surface area contributed by atoms with Gasteiger partial charge in [-0.2, -0.15) is 0 Å². The molecule has 3 unspecified atom stereocenters. The molecule has 1 saturated heterocycles. The van der Waals surface area contributed by atoms with Gasteiger partial charge >= 0.3 is 0 Å². The maximum atomic E-state index is 11.9. The van der Waals surface area contributed by atoms with Crippen LogP contribution in [0.1, 0.15) is 64.0 Å². The Labute approximate surface area is 146 Å². The van der Waals surface area contributed by atoms with Crippen molar-refractivity contribution in [1.82, 2.24) is 4.90 Å². The van der Waals surface area contributed by atoms with Crippen molar-refractivity contribution in [1.29, 1.82) is 0 Å². The second kappa shape index (κ2) is 6.34. The third kappa shape index (κ3) is 2.86.